The first-order valence-corrected chi connectivity index (χ1v) is 8.47. The van der Waals surface area contributed by atoms with E-state index in [-0.39, 0.29) is 18.4 Å². The molecule has 0 atom stereocenters. The smallest absolute Gasteiger partial charge is 0.253 e. The summed E-state index contributed by atoms with van der Waals surface area (Å²) in [5, 5.41) is 3.06. The van der Waals surface area contributed by atoms with Crippen LogP contribution in [0.1, 0.15) is 29.8 Å². The number of fused-ring (bicyclic) bond motifs is 1. The number of hydrogen-bond acceptors (Lipinski definition) is 3. The zero-order valence-corrected chi connectivity index (χ0v) is 15.3. The second kappa shape index (κ2) is 8.53. The number of ether oxygens (including phenoxy) is 1. The molecule has 0 saturated heterocycles. The largest absolute Gasteiger partial charge is 0.497 e. The average molecular weight is 361 g/mol. The number of nitrogens with one attached hydrogen (secondary N) is 1. The minimum Gasteiger partial charge on any atom is -0.497 e. The molecule has 2 amide bonds. The highest BCUT2D eigenvalue weighted by Gasteiger charge is 2.26. The molecule has 0 radical (unpaired) electrons. The Morgan fingerprint density at radius 2 is 1.80 bits per heavy atom. The molecule has 1 aliphatic heterocycles. The van der Waals surface area contributed by atoms with Gasteiger partial charge in [-0.25, -0.2) is 0 Å². The van der Waals surface area contributed by atoms with Gasteiger partial charge in [0.2, 0.25) is 5.91 Å². The highest BCUT2D eigenvalue weighted by molar-refractivity contribution is 6.31. The monoisotopic (exact) mass is 360 g/mol. The average Bonchev–Trinajstić information content (AvgIpc) is 2.76. The number of methoxy groups -OCH3 is 1. The number of halogens is 1. The fourth-order valence-corrected chi connectivity index (χ4v) is 2.67. The molecule has 1 aliphatic rings. The third kappa shape index (κ3) is 4.31. The second-order valence-corrected chi connectivity index (χ2v) is 5.61. The van der Waals surface area contributed by atoms with Crippen molar-refractivity contribution in [2.24, 2.45) is 0 Å². The first-order chi connectivity index (χ1) is 12.1. The highest BCUT2D eigenvalue weighted by Crippen LogP contribution is 2.28. The lowest BCUT2D eigenvalue weighted by Crippen LogP contribution is -2.36. The first-order valence-electron chi connectivity index (χ1n) is 8.09. The van der Waals surface area contributed by atoms with Gasteiger partial charge in [0.25, 0.3) is 5.91 Å². The van der Waals surface area contributed by atoms with E-state index in [1.54, 1.807) is 30.2 Å². The third-order valence-electron chi connectivity index (χ3n) is 3.69. The van der Waals surface area contributed by atoms with E-state index in [9.17, 15) is 9.59 Å². The van der Waals surface area contributed by atoms with Crippen molar-refractivity contribution in [2.75, 3.05) is 18.6 Å². The van der Waals surface area contributed by atoms with Crippen LogP contribution in [0, 0.1) is 0 Å². The molecule has 0 unspecified atom stereocenters. The Balaban J connectivity index is 0.00000109. The number of hydrogen-bond donors (Lipinski definition) is 1. The molecule has 132 valence electrons. The molecule has 5 nitrogen and oxygen atoms in total. The van der Waals surface area contributed by atoms with Crippen LogP contribution in [0.25, 0.3) is 0 Å². The van der Waals surface area contributed by atoms with Gasteiger partial charge in [-0.15, -0.1) is 0 Å². The van der Waals surface area contributed by atoms with Crippen LogP contribution in [0.2, 0.25) is 5.02 Å². The van der Waals surface area contributed by atoms with E-state index in [1.807, 2.05) is 38.1 Å². The van der Waals surface area contributed by atoms with Crippen molar-refractivity contribution in [1.82, 2.24) is 5.32 Å². The molecule has 0 aromatic heterocycles. The van der Waals surface area contributed by atoms with Gasteiger partial charge in [-0.3, -0.25) is 9.59 Å². The SMILES string of the molecule is CC.COc1ccc(CN2C(=O)CNC(=O)c3cc(Cl)ccc32)cc1. The maximum absolute atomic E-state index is 12.4. The van der Waals surface area contributed by atoms with Crippen molar-refractivity contribution in [3.8, 4) is 5.75 Å². The van der Waals surface area contributed by atoms with Crippen LogP contribution in [0.15, 0.2) is 42.5 Å². The summed E-state index contributed by atoms with van der Waals surface area (Å²) in [7, 11) is 1.60. The zero-order valence-electron chi connectivity index (χ0n) is 14.5. The summed E-state index contributed by atoms with van der Waals surface area (Å²) in [4.78, 5) is 26.1. The quantitative estimate of drug-likeness (QED) is 0.908. The van der Waals surface area contributed by atoms with E-state index >= 15 is 0 Å². The van der Waals surface area contributed by atoms with Crippen LogP contribution < -0.4 is 15.0 Å². The Kier molecular flexibility index (Phi) is 6.42. The molecule has 0 bridgehead atoms. The molecule has 0 fully saturated rings. The van der Waals surface area contributed by atoms with Gasteiger partial charge in [0.15, 0.2) is 0 Å². The standard InChI is InChI=1S/C17H15ClN2O3.C2H6/c1-23-13-5-2-11(3-6-13)10-20-15-7-4-12(18)8-14(15)17(22)19-9-16(20)21;1-2/h2-8H,9-10H2,1H3,(H,19,22);1-2H3. The Labute approximate surface area is 152 Å². The van der Waals surface area contributed by atoms with Crippen LogP contribution in [-0.2, 0) is 11.3 Å². The van der Waals surface area contributed by atoms with Gasteiger partial charge in [-0.05, 0) is 35.9 Å². The number of amides is 2. The van der Waals surface area contributed by atoms with Crippen LogP contribution in [0.3, 0.4) is 0 Å². The van der Waals surface area contributed by atoms with Gasteiger partial charge >= 0.3 is 0 Å². The van der Waals surface area contributed by atoms with Gasteiger partial charge in [-0.2, -0.15) is 0 Å². The fourth-order valence-electron chi connectivity index (χ4n) is 2.49. The summed E-state index contributed by atoms with van der Waals surface area (Å²) in [6.45, 7) is 4.33. The molecule has 1 N–H and O–H groups in total. The predicted molar refractivity (Wildman–Crippen MR) is 99.3 cm³/mol. The van der Waals surface area contributed by atoms with E-state index in [4.69, 9.17) is 16.3 Å². The number of anilines is 1. The summed E-state index contributed by atoms with van der Waals surface area (Å²) >= 11 is 5.98. The number of nitrogens with zero attached hydrogens (tertiary/aromatic N) is 1. The minimum absolute atomic E-state index is 0.0404. The minimum atomic E-state index is -0.298. The molecule has 25 heavy (non-hydrogen) atoms. The van der Waals surface area contributed by atoms with Crippen LogP contribution >= 0.6 is 11.6 Å². The van der Waals surface area contributed by atoms with E-state index in [0.717, 1.165) is 11.3 Å². The molecule has 0 aliphatic carbocycles. The van der Waals surface area contributed by atoms with Crippen LogP contribution in [0.5, 0.6) is 5.75 Å². The molecule has 6 heteroatoms. The number of rotatable bonds is 3. The number of carbonyl (C=O) groups is 2. The molecule has 0 saturated carbocycles. The maximum Gasteiger partial charge on any atom is 0.253 e. The van der Waals surface area contributed by atoms with E-state index in [1.165, 1.54) is 0 Å². The maximum atomic E-state index is 12.4. The van der Waals surface area contributed by atoms with Crippen molar-refractivity contribution in [1.29, 1.82) is 0 Å². The lowest BCUT2D eigenvalue weighted by molar-refractivity contribution is -0.117. The normalized spacial score (nSPS) is 13.2. The van der Waals surface area contributed by atoms with Crippen molar-refractivity contribution in [3.63, 3.8) is 0 Å². The lowest BCUT2D eigenvalue weighted by atomic mass is 10.1. The molecule has 3 rings (SSSR count). The lowest BCUT2D eigenvalue weighted by Gasteiger charge is -2.22. The third-order valence-corrected chi connectivity index (χ3v) is 3.93. The van der Waals surface area contributed by atoms with E-state index in [2.05, 4.69) is 5.32 Å². The fraction of sp³-hybridized carbons (Fsp3) is 0.263. The Bertz CT molecular complexity index is 760. The zero-order chi connectivity index (χ0) is 18.4. The Morgan fingerprint density at radius 1 is 1.12 bits per heavy atom. The molecular weight excluding hydrogens is 340 g/mol. The summed E-state index contributed by atoms with van der Waals surface area (Å²) in [5.74, 6) is 0.281. The number of benzene rings is 2. The van der Waals surface area contributed by atoms with E-state index < -0.39 is 0 Å². The van der Waals surface area contributed by atoms with Crippen molar-refractivity contribution < 1.29 is 14.3 Å². The second-order valence-electron chi connectivity index (χ2n) is 5.17. The molecule has 0 spiro atoms. The first kappa shape index (κ1) is 18.8. The van der Waals surface area contributed by atoms with Crippen molar-refractivity contribution in [3.05, 3.63) is 58.6 Å². The predicted octanol–water partition coefficient (Wildman–Crippen LogP) is 3.65. The highest BCUT2D eigenvalue weighted by atomic mass is 35.5. The summed E-state index contributed by atoms with van der Waals surface area (Å²) in [6.07, 6.45) is 0. The van der Waals surface area contributed by atoms with Crippen LogP contribution in [0.4, 0.5) is 5.69 Å². The Morgan fingerprint density at radius 3 is 2.44 bits per heavy atom. The van der Waals surface area contributed by atoms with Gasteiger partial charge < -0.3 is 15.0 Å². The van der Waals surface area contributed by atoms with E-state index in [0.29, 0.717) is 22.8 Å². The summed E-state index contributed by atoms with van der Waals surface area (Å²) < 4.78 is 5.13. The molecule has 2 aromatic carbocycles. The molecule has 1 heterocycles. The van der Waals surface area contributed by atoms with Crippen LogP contribution in [-0.4, -0.2) is 25.5 Å². The van der Waals surface area contributed by atoms with Crippen molar-refractivity contribution >= 4 is 29.1 Å². The van der Waals surface area contributed by atoms with Gasteiger partial charge in [-0.1, -0.05) is 37.6 Å². The summed E-state index contributed by atoms with van der Waals surface area (Å²) in [5.41, 5.74) is 1.90. The molecule has 2 aromatic rings. The van der Waals surface area contributed by atoms with Crippen molar-refractivity contribution in [2.45, 2.75) is 20.4 Å². The topological polar surface area (TPSA) is 58.6 Å². The summed E-state index contributed by atoms with van der Waals surface area (Å²) in [6, 6.07) is 12.4. The van der Waals surface area contributed by atoms with Gasteiger partial charge in [0.1, 0.15) is 5.75 Å². The molecular formula is C19H21ClN2O3. The number of carbonyl (C=O) groups excluding carboxylic acids is 2. The Hall–Kier alpha value is -2.53. The van der Waals surface area contributed by atoms with Gasteiger partial charge in [0.05, 0.1) is 31.5 Å². The van der Waals surface area contributed by atoms with Gasteiger partial charge in [0, 0.05) is 5.02 Å².